The van der Waals surface area contributed by atoms with Gasteiger partial charge in [0.05, 0.1) is 20.4 Å². The second-order valence-corrected chi connectivity index (χ2v) is 8.42. The quantitative estimate of drug-likeness (QED) is 0.354. The van der Waals surface area contributed by atoms with E-state index in [0.29, 0.717) is 9.33 Å². The van der Waals surface area contributed by atoms with Crippen molar-refractivity contribution in [3.8, 4) is 24.3 Å². The van der Waals surface area contributed by atoms with Crippen LogP contribution in [0.3, 0.4) is 0 Å². The Morgan fingerprint density at radius 3 is 2.00 bits per heavy atom. The number of thiazole rings is 2. The first-order chi connectivity index (χ1) is 14.6. The van der Waals surface area contributed by atoms with E-state index in [9.17, 15) is 0 Å². The van der Waals surface area contributed by atoms with E-state index in [1.807, 2.05) is 48.5 Å². The van der Waals surface area contributed by atoms with Gasteiger partial charge < -0.3 is 0 Å². The Bertz CT molecular complexity index is 1810. The summed E-state index contributed by atoms with van der Waals surface area (Å²) in [5.74, 6) is 0. The lowest BCUT2D eigenvalue weighted by Gasteiger charge is -2.03. The fourth-order valence-electron chi connectivity index (χ4n) is 3.34. The van der Waals surface area contributed by atoms with Crippen LogP contribution < -0.4 is 9.33 Å². The molecular weight excluding hydrogens is 412 g/mol. The van der Waals surface area contributed by atoms with E-state index in [2.05, 4.69) is 22.1 Å². The maximum Gasteiger partial charge on any atom is 0.165 e. The van der Waals surface area contributed by atoms with E-state index in [0.717, 1.165) is 42.0 Å². The Hall–Kier alpha value is -4.34. The summed E-state index contributed by atoms with van der Waals surface area (Å²) < 4.78 is 2.64. The van der Waals surface area contributed by atoms with Crippen molar-refractivity contribution in [2.24, 2.45) is 0 Å². The number of benzene rings is 3. The Morgan fingerprint density at radius 2 is 1.30 bits per heavy atom. The normalized spacial score (nSPS) is 10.5. The number of aromatic nitrogens is 2. The molecule has 0 bridgehead atoms. The summed E-state index contributed by atoms with van der Waals surface area (Å²) in [6.07, 6.45) is 0. The topological polar surface area (TPSA) is 121 Å². The summed E-state index contributed by atoms with van der Waals surface area (Å²) in [5, 5.41) is 40.5. The van der Waals surface area contributed by atoms with E-state index in [-0.39, 0.29) is 11.1 Å². The molecule has 0 amide bonds. The summed E-state index contributed by atoms with van der Waals surface area (Å²) in [4.78, 5) is 8.88. The van der Waals surface area contributed by atoms with Crippen molar-refractivity contribution >= 4 is 75.8 Å². The number of nitriles is 4. The molecule has 0 fully saturated rings. The lowest BCUT2D eigenvalue weighted by molar-refractivity contribution is 1.40. The van der Waals surface area contributed by atoms with Gasteiger partial charge in [-0.15, -0.1) is 22.7 Å². The van der Waals surface area contributed by atoms with Gasteiger partial charge in [-0.1, -0.05) is 6.07 Å². The molecule has 2 heterocycles. The summed E-state index contributed by atoms with van der Waals surface area (Å²) in [5.41, 5.74) is 1.50. The second-order valence-electron chi connectivity index (χ2n) is 6.39. The Balaban J connectivity index is 1.87. The molecule has 0 spiro atoms. The third-order valence-corrected chi connectivity index (χ3v) is 6.87. The largest absolute Gasteiger partial charge is 0.234 e. The highest BCUT2D eigenvalue weighted by Gasteiger charge is 2.10. The SMILES string of the molecule is N#CC(C#N)=c1nc2cc3cc4ccc5nc(=C(C#N)C#N)sc5c4cc3cc2s1. The highest BCUT2D eigenvalue weighted by atomic mass is 32.1. The van der Waals surface area contributed by atoms with Crippen LogP contribution in [0.4, 0.5) is 0 Å². The molecule has 3 aromatic carbocycles. The second kappa shape index (κ2) is 6.62. The van der Waals surface area contributed by atoms with Crippen LogP contribution >= 0.6 is 22.7 Å². The van der Waals surface area contributed by atoms with Gasteiger partial charge >= 0.3 is 0 Å². The molecule has 0 aliphatic carbocycles. The first kappa shape index (κ1) is 17.7. The number of fused-ring (bicyclic) bond motifs is 5. The van der Waals surface area contributed by atoms with Crippen molar-refractivity contribution in [1.29, 1.82) is 21.0 Å². The van der Waals surface area contributed by atoms with Crippen LogP contribution in [0, 0.1) is 45.3 Å². The molecule has 8 heteroatoms. The minimum Gasteiger partial charge on any atom is -0.234 e. The van der Waals surface area contributed by atoms with Gasteiger partial charge in [-0.05, 0) is 46.5 Å². The molecule has 5 aromatic rings. The standard InChI is InChI=1S/C22H6N6S2/c23-7-14(8-24)21-28-18-5-12-3-11-1-2-17-20(30-22(27-17)15(9-25)10-26)16(11)4-13(12)6-19(18)29-21/h1-6H. The molecular formula is C22H6N6S2. The monoisotopic (exact) mass is 418 g/mol. The third-order valence-electron chi connectivity index (χ3n) is 4.71. The Labute approximate surface area is 176 Å². The van der Waals surface area contributed by atoms with Gasteiger partial charge in [-0.2, -0.15) is 21.0 Å². The summed E-state index contributed by atoms with van der Waals surface area (Å²) in [7, 11) is 0. The van der Waals surface area contributed by atoms with Crippen molar-refractivity contribution < 1.29 is 0 Å². The van der Waals surface area contributed by atoms with Crippen LogP contribution in [-0.2, 0) is 0 Å². The number of rotatable bonds is 0. The Kier molecular flexibility index (Phi) is 3.91. The minimum absolute atomic E-state index is 0.00563. The zero-order chi connectivity index (χ0) is 20.8. The van der Waals surface area contributed by atoms with Crippen molar-refractivity contribution in [2.45, 2.75) is 0 Å². The molecule has 2 aromatic heterocycles. The molecule has 0 aliphatic rings. The first-order valence-electron chi connectivity index (χ1n) is 8.58. The maximum atomic E-state index is 9.15. The van der Waals surface area contributed by atoms with Gasteiger partial charge in [0.25, 0.3) is 0 Å². The van der Waals surface area contributed by atoms with Crippen molar-refractivity contribution in [2.75, 3.05) is 0 Å². The van der Waals surface area contributed by atoms with Crippen molar-refractivity contribution in [3.05, 3.63) is 45.7 Å². The lowest BCUT2D eigenvalue weighted by Crippen LogP contribution is -2.00. The van der Waals surface area contributed by atoms with E-state index in [4.69, 9.17) is 21.0 Å². The smallest absolute Gasteiger partial charge is 0.165 e. The van der Waals surface area contributed by atoms with Crippen LogP contribution in [0.15, 0.2) is 36.4 Å². The van der Waals surface area contributed by atoms with Gasteiger partial charge in [0, 0.05) is 5.39 Å². The van der Waals surface area contributed by atoms with Crippen molar-refractivity contribution in [1.82, 2.24) is 9.97 Å². The van der Waals surface area contributed by atoms with E-state index >= 15 is 0 Å². The fraction of sp³-hybridized carbons (Fsp3) is 0. The average molecular weight is 418 g/mol. The number of nitrogens with zero attached hydrogens (tertiary/aromatic N) is 6. The van der Waals surface area contributed by atoms with Crippen LogP contribution in [0.5, 0.6) is 0 Å². The molecule has 0 unspecified atom stereocenters. The Morgan fingerprint density at radius 1 is 0.667 bits per heavy atom. The first-order valence-corrected chi connectivity index (χ1v) is 10.2. The number of hydrogen-bond acceptors (Lipinski definition) is 8. The maximum absolute atomic E-state index is 9.15. The molecule has 0 saturated carbocycles. The molecule has 0 radical (unpaired) electrons. The zero-order valence-electron chi connectivity index (χ0n) is 15.0. The number of hydrogen-bond donors (Lipinski definition) is 0. The van der Waals surface area contributed by atoms with Crippen LogP contribution in [0.25, 0.3) is 53.1 Å². The van der Waals surface area contributed by atoms with Crippen LogP contribution in [0.1, 0.15) is 0 Å². The molecule has 0 aliphatic heterocycles. The van der Waals surface area contributed by atoms with Gasteiger partial charge in [0.1, 0.15) is 33.6 Å². The lowest BCUT2D eigenvalue weighted by atomic mass is 10.0. The van der Waals surface area contributed by atoms with Crippen LogP contribution in [-0.4, -0.2) is 9.97 Å². The zero-order valence-corrected chi connectivity index (χ0v) is 16.6. The molecule has 5 rings (SSSR count). The molecule has 0 atom stereocenters. The third kappa shape index (κ3) is 2.58. The van der Waals surface area contributed by atoms with E-state index in [1.54, 1.807) is 0 Å². The molecule has 0 N–H and O–H groups in total. The van der Waals surface area contributed by atoms with E-state index in [1.165, 1.54) is 22.7 Å². The highest BCUT2D eigenvalue weighted by molar-refractivity contribution is 7.18. The average Bonchev–Trinajstić information content (AvgIpc) is 3.36. The van der Waals surface area contributed by atoms with Gasteiger partial charge in [0.15, 0.2) is 11.1 Å². The van der Waals surface area contributed by atoms with Gasteiger partial charge in [-0.3, -0.25) is 0 Å². The van der Waals surface area contributed by atoms with Crippen LogP contribution in [0.2, 0.25) is 0 Å². The fourth-order valence-corrected chi connectivity index (χ4v) is 5.31. The predicted octanol–water partition coefficient (Wildman–Crippen LogP) is 3.61. The van der Waals surface area contributed by atoms with Gasteiger partial charge in [0.2, 0.25) is 0 Å². The molecule has 136 valence electrons. The minimum atomic E-state index is 0.00563. The molecule has 6 nitrogen and oxygen atoms in total. The summed E-state index contributed by atoms with van der Waals surface area (Å²) >= 11 is 2.65. The predicted molar refractivity (Wildman–Crippen MR) is 116 cm³/mol. The van der Waals surface area contributed by atoms with Gasteiger partial charge in [-0.25, -0.2) is 9.97 Å². The molecule has 0 saturated heterocycles. The van der Waals surface area contributed by atoms with E-state index < -0.39 is 0 Å². The highest BCUT2D eigenvalue weighted by Crippen LogP contribution is 2.32. The molecule has 30 heavy (non-hydrogen) atoms. The summed E-state index contributed by atoms with van der Waals surface area (Å²) in [6.45, 7) is 0. The summed E-state index contributed by atoms with van der Waals surface area (Å²) in [6, 6.07) is 19.5. The van der Waals surface area contributed by atoms with Crippen molar-refractivity contribution in [3.63, 3.8) is 0 Å².